The van der Waals surface area contributed by atoms with Gasteiger partial charge in [-0.3, -0.25) is 20.4 Å². The van der Waals surface area contributed by atoms with Crippen LogP contribution in [0, 0.1) is 0 Å². The molecular formula is C18H19BrN2O3S. The smallest absolute Gasteiger partial charge is 0.276 e. The zero-order valence-corrected chi connectivity index (χ0v) is 16.3. The molecule has 0 atom stereocenters. The van der Waals surface area contributed by atoms with Gasteiger partial charge in [0.15, 0.2) is 6.61 Å². The first-order valence-corrected chi connectivity index (χ1v) is 9.35. The highest BCUT2D eigenvalue weighted by molar-refractivity contribution is 9.10. The highest BCUT2D eigenvalue weighted by Crippen LogP contribution is 2.28. The molecule has 0 saturated carbocycles. The largest absolute Gasteiger partial charge is 0.483 e. The predicted octanol–water partition coefficient (Wildman–Crippen LogP) is 3.87. The fourth-order valence-corrected chi connectivity index (χ4v) is 3.02. The third-order valence-corrected chi connectivity index (χ3v) is 4.71. The van der Waals surface area contributed by atoms with Crippen LogP contribution in [0.4, 0.5) is 0 Å². The maximum absolute atomic E-state index is 11.8. The minimum absolute atomic E-state index is 0.200. The van der Waals surface area contributed by atoms with Gasteiger partial charge >= 0.3 is 0 Å². The lowest BCUT2D eigenvalue weighted by atomic mass is 10.0. The average molecular weight is 423 g/mol. The van der Waals surface area contributed by atoms with E-state index >= 15 is 0 Å². The zero-order chi connectivity index (χ0) is 18.2. The first-order chi connectivity index (χ1) is 12.0. The van der Waals surface area contributed by atoms with Crippen LogP contribution in [0.25, 0.3) is 6.08 Å². The van der Waals surface area contributed by atoms with Gasteiger partial charge in [-0.1, -0.05) is 26.0 Å². The molecule has 0 unspecified atom stereocenters. The molecule has 1 aromatic heterocycles. The molecule has 0 aliphatic rings. The number of thiophene rings is 1. The Bertz CT molecular complexity index is 758. The van der Waals surface area contributed by atoms with E-state index < -0.39 is 11.8 Å². The molecule has 2 rings (SSSR count). The third-order valence-electron chi connectivity index (χ3n) is 3.25. The second kappa shape index (κ2) is 9.39. The van der Waals surface area contributed by atoms with Gasteiger partial charge in [0.2, 0.25) is 0 Å². The summed E-state index contributed by atoms with van der Waals surface area (Å²) in [7, 11) is 0. The van der Waals surface area contributed by atoms with E-state index in [-0.39, 0.29) is 6.61 Å². The molecule has 132 valence electrons. The monoisotopic (exact) mass is 422 g/mol. The maximum atomic E-state index is 11.8. The van der Waals surface area contributed by atoms with E-state index in [2.05, 4.69) is 40.6 Å². The molecule has 1 heterocycles. The van der Waals surface area contributed by atoms with Gasteiger partial charge in [-0.25, -0.2) is 0 Å². The van der Waals surface area contributed by atoms with E-state index in [1.165, 1.54) is 23.0 Å². The van der Waals surface area contributed by atoms with Crippen LogP contribution in [0.5, 0.6) is 5.75 Å². The normalized spacial score (nSPS) is 10.9. The summed E-state index contributed by atoms with van der Waals surface area (Å²) in [4.78, 5) is 24.3. The number of hydrogen-bond donors (Lipinski definition) is 2. The Labute approximate surface area is 159 Å². The number of carbonyl (C=O) groups is 2. The van der Waals surface area contributed by atoms with E-state index in [4.69, 9.17) is 4.74 Å². The fourth-order valence-electron chi connectivity index (χ4n) is 1.89. The number of rotatable bonds is 6. The quantitative estimate of drug-likeness (QED) is 0.548. The number of nitrogens with one attached hydrogen (secondary N) is 2. The van der Waals surface area contributed by atoms with Gasteiger partial charge in [-0.05, 0) is 57.1 Å². The van der Waals surface area contributed by atoms with Gasteiger partial charge in [0, 0.05) is 11.0 Å². The molecule has 0 aliphatic heterocycles. The molecule has 0 spiro atoms. The lowest BCUT2D eigenvalue weighted by molar-refractivity contribution is -0.128. The highest BCUT2D eigenvalue weighted by atomic mass is 79.9. The second-order valence-electron chi connectivity index (χ2n) is 5.52. The van der Waals surface area contributed by atoms with Crippen molar-refractivity contribution in [1.82, 2.24) is 10.9 Å². The lowest BCUT2D eigenvalue weighted by Crippen LogP contribution is -2.43. The van der Waals surface area contributed by atoms with Crippen LogP contribution >= 0.6 is 27.3 Å². The van der Waals surface area contributed by atoms with Crippen molar-refractivity contribution in [3.05, 3.63) is 56.7 Å². The molecule has 5 nitrogen and oxygen atoms in total. The minimum Gasteiger partial charge on any atom is -0.483 e. The standard InChI is InChI=1S/C18H19BrN2O3S/c1-12(2)13-5-7-16(15(19)10-13)24-11-18(23)21-20-17(22)8-6-14-4-3-9-25-14/h3-10,12H,11H2,1-2H3,(H,20,22)(H,21,23). The topological polar surface area (TPSA) is 67.4 Å². The Kier molecular flexibility index (Phi) is 7.21. The number of halogens is 1. The maximum Gasteiger partial charge on any atom is 0.276 e. The molecule has 0 saturated heterocycles. The van der Waals surface area contributed by atoms with Crippen molar-refractivity contribution in [1.29, 1.82) is 0 Å². The van der Waals surface area contributed by atoms with Gasteiger partial charge in [0.05, 0.1) is 4.47 Å². The van der Waals surface area contributed by atoms with Gasteiger partial charge in [-0.15, -0.1) is 11.3 Å². The first-order valence-electron chi connectivity index (χ1n) is 7.68. The van der Waals surface area contributed by atoms with Crippen molar-refractivity contribution in [2.75, 3.05) is 6.61 Å². The van der Waals surface area contributed by atoms with Crippen LogP contribution in [-0.2, 0) is 9.59 Å². The molecule has 0 aliphatic carbocycles. The van der Waals surface area contributed by atoms with Crippen molar-refractivity contribution in [2.45, 2.75) is 19.8 Å². The van der Waals surface area contributed by atoms with Gasteiger partial charge in [0.1, 0.15) is 5.75 Å². The van der Waals surface area contributed by atoms with E-state index in [9.17, 15) is 9.59 Å². The van der Waals surface area contributed by atoms with Crippen molar-refractivity contribution in [2.24, 2.45) is 0 Å². The van der Waals surface area contributed by atoms with Crippen LogP contribution in [0.3, 0.4) is 0 Å². The van der Waals surface area contributed by atoms with E-state index in [0.29, 0.717) is 11.7 Å². The van der Waals surface area contributed by atoms with E-state index in [1.807, 2.05) is 35.7 Å². The van der Waals surface area contributed by atoms with Crippen molar-refractivity contribution < 1.29 is 14.3 Å². The molecule has 0 bridgehead atoms. The summed E-state index contributed by atoms with van der Waals surface area (Å²) >= 11 is 4.95. The number of ether oxygens (including phenoxy) is 1. The van der Waals surface area contributed by atoms with Crippen LogP contribution < -0.4 is 15.6 Å². The molecule has 7 heteroatoms. The predicted molar refractivity (Wildman–Crippen MR) is 103 cm³/mol. The molecule has 25 heavy (non-hydrogen) atoms. The van der Waals surface area contributed by atoms with Crippen LogP contribution in [0.2, 0.25) is 0 Å². The Morgan fingerprint density at radius 2 is 2.08 bits per heavy atom. The van der Waals surface area contributed by atoms with Crippen LogP contribution in [0.15, 0.2) is 46.3 Å². The third kappa shape index (κ3) is 6.36. The van der Waals surface area contributed by atoms with Gasteiger partial charge in [0.25, 0.3) is 11.8 Å². The van der Waals surface area contributed by atoms with Crippen LogP contribution in [-0.4, -0.2) is 18.4 Å². The number of benzene rings is 1. The Morgan fingerprint density at radius 1 is 1.28 bits per heavy atom. The fraction of sp³-hybridized carbons (Fsp3) is 0.222. The van der Waals surface area contributed by atoms with E-state index in [0.717, 1.165) is 9.35 Å². The molecule has 2 N–H and O–H groups in total. The summed E-state index contributed by atoms with van der Waals surface area (Å²) in [5.41, 5.74) is 5.79. The van der Waals surface area contributed by atoms with E-state index in [1.54, 1.807) is 6.08 Å². The summed E-state index contributed by atoms with van der Waals surface area (Å²) in [6.07, 6.45) is 3.03. The SMILES string of the molecule is CC(C)c1ccc(OCC(=O)NNC(=O)C=Cc2cccs2)c(Br)c1. The molecular weight excluding hydrogens is 404 g/mol. The Hall–Kier alpha value is -2.12. The van der Waals surface area contributed by atoms with Crippen molar-refractivity contribution in [3.63, 3.8) is 0 Å². The number of carbonyl (C=O) groups excluding carboxylic acids is 2. The van der Waals surface area contributed by atoms with Crippen molar-refractivity contribution >= 4 is 45.2 Å². The number of hydrazine groups is 1. The first kappa shape index (κ1) is 19.2. The molecule has 0 fully saturated rings. The van der Waals surface area contributed by atoms with Crippen molar-refractivity contribution in [3.8, 4) is 5.75 Å². The summed E-state index contributed by atoms with van der Waals surface area (Å²) in [5.74, 6) is 0.122. The average Bonchev–Trinajstić information content (AvgIpc) is 3.10. The Balaban J connectivity index is 1.76. The Morgan fingerprint density at radius 3 is 2.72 bits per heavy atom. The van der Waals surface area contributed by atoms with Crippen LogP contribution in [0.1, 0.15) is 30.2 Å². The zero-order valence-electron chi connectivity index (χ0n) is 13.9. The summed E-state index contributed by atoms with van der Waals surface area (Å²) < 4.78 is 6.24. The van der Waals surface area contributed by atoms with Gasteiger partial charge < -0.3 is 4.74 Å². The molecule has 0 radical (unpaired) electrons. The number of amides is 2. The van der Waals surface area contributed by atoms with Gasteiger partial charge in [-0.2, -0.15) is 0 Å². The lowest BCUT2D eigenvalue weighted by Gasteiger charge is -2.11. The summed E-state index contributed by atoms with van der Waals surface area (Å²) in [6.45, 7) is 4.01. The molecule has 1 aromatic carbocycles. The molecule has 2 aromatic rings. The second-order valence-corrected chi connectivity index (χ2v) is 7.35. The summed E-state index contributed by atoms with van der Waals surface area (Å²) in [6, 6.07) is 9.53. The molecule has 2 amide bonds. The number of hydrogen-bond acceptors (Lipinski definition) is 4. The summed E-state index contributed by atoms with van der Waals surface area (Å²) in [5, 5.41) is 1.92. The minimum atomic E-state index is -0.447. The highest BCUT2D eigenvalue weighted by Gasteiger charge is 2.08.